The number of rotatable bonds is 3. The zero-order valence-corrected chi connectivity index (χ0v) is 14.1. The fourth-order valence-electron chi connectivity index (χ4n) is 3.07. The quantitative estimate of drug-likeness (QED) is 0.772. The lowest BCUT2D eigenvalue weighted by molar-refractivity contribution is 0.0946. The predicted octanol–water partition coefficient (Wildman–Crippen LogP) is 2.74. The molecule has 0 aliphatic carbocycles. The predicted molar refractivity (Wildman–Crippen MR) is 94.6 cm³/mol. The number of hydrogen-bond acceptors (Lipinski definition) is 4. The Morgan fingerprint density at radius 2 is 2.04 bits per heavy atom. The van der Waals surface area contributed by atoms with Crippen LogP contribution in [0.5, 0.6) is 5.75 Å². The monoisotopic (exact) mass is 334 g/mol. The van der Waals surface area contributed by atoms with Gasteiger partial charge in [0.1, 0.15) is 5.75 Å². The summed E-state index contributed by atoms with van der Waals surface area (Å²) in [4.78, 5) is 24.4. The maximum Gasteiger partial charge on any atom is 0.253 e. The molecule has 1 aliphatic heterocycles. The number of nitrogens with zero attached hydrogens (tertiary/aromatic N) is 2. The van der Waals surface area contributed by atoms with Gasteiger partial charge in [-0.05, 0) is 31.2 Å². The first-order valence-corrected chi connectivity index (χ1v) is 8.14. The number of nitrogens with one attached hydrogen (secondary N) is 2. The smallest absolute Gasteiger partial charge is 0.253 e. The molecule has 2 aromatic heterocycles. The summed E-state index contributed by atoms with van der Waals surface area (Å²) < 4.78 is 5.44. The van der Waals surface area contributed by atoms with Crippen molar-refractivity contribution in [3.05, 3.63) is 53.3 Å². The summed E-state index contributed by atoms with van der Waals surface area (Å²) >= 11 is 0. The van der Waals surface area contributed by atoms with Gasteiger partial charge in [0.2, 0.25) is 0 Å². The molecule has 25 heavy (non-hydrogen) atoms. The molecule has 4 rings (SSSR count). The van der Waals surface area contributed by atoms with Crippen LogP contribution in [0.3, 0.4) is 0 Å². The van der Waals surface area contributed by atoms with Crippen LogP contribution in [0.1, 0.15) is 21.6 Å². The number of benzene rings is 1. The van der Waals surface area contributed by atoms with Crippen LogP contribution in [-0.4, -0.2) is 34.5 Å². The molecule has 126 valence electrons. The Kier molecular flexibility index (Phi) is 3.72. The van der Waals surface area contributed by atoms with Crippen molar-refractivity contribution in [3.8, 4) is 28.5 Å². The molecule has 1 aliphatic rings. The second-order valence-corrected chi connectivity index (χ2v) is 6.05. The van der Waals surface area contributed by atoms with Crippen LogP contribution in [0.2, 0.25) is 0 Å². The maximum atomic E-state index is 12.0. The summed E-state index contributed by atoms with van der Waals surface area (Å²) in [6.45, 7) is 2.67. The molecule has 0 radical (unpaired) electrons. The normalized spacial score (nSPS) is 13.3. The number of carbonyl (C=O) groups excluding carboxylic acids is 1. The highest BCUT2D eigenvalue weighted by molar-refractivity contribution is 5.97. The van der Waals surface area contributed by atoms with Gasteiger partial charge in [0.05, 0.1) is 29.6 Å². The van der Waals surface area contributed by atoms with E-state index in [4.69, 9.17) is 4.74 Å². The highest BCUT2D eigenvalue weighted by atomic mass is 16.5. The lowest BCUT2D eigenvalue weighted by Crippen LogP contribution is -2.31. The number of aromatic amines is 1. The summed E-state index contributed by atoms with van der Waals surface area (Å²) in [5.41, 5.74) is 5.16. The number of aromatic nitrogens is 3. The molecule has 6 nitrogen and oxygen atoms in total. The molecule has 2 N–H and O–H groups in total. The van der Waals surface area contributed by atoms with Crippen LogP contribution < -0.4 is 10.1 Å². The van der Waals surface area contributed by atoms with Gasteiger partial charge in [-0.15, -0.1) is 0 Å². The molecule has 0 unspecified atom stereocenters. The minimum absolute atomic E-state index is 0.0432. The van der Waals surface area contributed by atoms with Crippen molar-refractivity contribution in [3.63, 3.8) is 0 Å². The first-order valence-electron chi connectivity index (χ1n) is 8.14. The number of hydrogen-bond donors (Lipinski definition) is 2. The number of aryl methyl sites for hydroxylation is 1. The molecule has 0 saturated carbocycles. The van der Waals surface area contributed by atoms with Crippen molar-refractivity contribution in [1.29, 1.82) is 0 Å². The van der Waals surface area contributed by atoms with Gasteiger partial charge in [-0.25, -0.2) is 9.97 Å². The van der Waals surface area contributed by atoms with E-state index >= 15 is 0 Å². The fourth-order valence-corrected chi connectivity index (χ4v) is 3.07. The Hall–Kier alpha value is -3.15. The third-order valence-electron chi connectivity index (χ3n) is 4.33. The number of fused-ring (bicyclic) bond motifs is 1. The van der Waals surface area contributed by atoms with Crippen molar-refractivity contribution in [2.45, 2.75) is 13.3 Å². The Morgan fingerprint density at radius 3 is 2.84 bits per heavy atom. The topological polar surface area (TPSA) is 79.9 Å². The van der Waals surface area contributed by atoms with Crippen LogP contribution in [0.25, 0.3) is 22.8 Å². The molecule has 0 spiro atoms. The highest BCUT2D eigenvalue weighted by Crippen LogP contribution is 2.30. The van der Waals surface area contributed by atoms with Gasteiger partial charge in [-0.3, -0.25) is 4.79 Å². The lowest BCUT2D eigenvalue weighted by Gasteiger charge is -2.11. The van der Waals surface area contributed by atoms with E-state index in [0.29, 0.717) is 17.9 Å². The van der Waals surface area contributed by atoms with E-state index in [0.717, 1.165) is 40.4 Å². The molecular weight excluding hydrogens is 316 g/mol. The average Bonchev–Trinajstić information content (AvgIpc) is 3.08. The largest absolute Gasteiger partial charge is 0.496 e. The maximum absolute atomic E-state index is 12.0. The van der Waals surface area contributed by atoms with E-state index in [1.54, 1.807) is 13.3 Å². The molecule has 0 fully saturated rings. The van der Waals surface area contributed by atoms with Crippen molar-refractivity contribution in [1.82, 2.24) is 20.3 Å². The van der Waals surface area contributed by atoms with E-state index in [2.05, 4.69) is 20.3 Å². The van der Waals surface area contributed by atoms with Gasteiger partial charge in [0, 0.05) is 24.9 Å². The van der Waals surface area contributed by atoms with E-state index in [1.165, 1.54) is 0 Å². The Balaban J connectivity index is 1.78. The molecule has 0 bridgehead atoms. The third kappa shape index (κ3) is 2.76. The van der Waals surface area contributed by atoms with Gasteiger partial charge in [0.15, 0.2) is 5.82 Å². The van der Waals surface area contributed by atoms with E-state index in [-0.39, 0.29) is 5.91 Å². The number of H-pyrrole nitrogens is 1. The van der Waals surface area contributed by atoms with Crippen LogP contribution in [0.4, 0.5) is 0 Å². The second-order valence-electron chi connectivity index (χ2n) is 6.05. The Labute approximate surface area is 145 Å². The highest BCUT2D eigenvalue weighted by Gasteiger charge is 2.20. The summed E-state index contributed by atoms with van der Waals surface area (Å²) in [6, 6.07) is 9.59. The van der Waals surface area contributed by atoms with Gasteiger partial charge >= 0.3 is 0 Å². The minimum Gasteiger partial charge on any atom is -0.496 e. The molecule has 3 aromatic rings. The zero-order valence-electron chi connectivity index (χ0n) is 14.1. The van der Waals surface area contributed by atoms with Gasteiger partial charge < -0.3 is 15.0 Å². The average molecular weight is 334 g/mol. The van der Waals surface area contributed by atoms with Crippen LogP contribution >= 0.6 is 0 Å². The number of carbonyl (C=O) groups is 1. The van der Waals surface area contributed by atoms with Crippen molar-refractivity contribution in [2.75, 3.05) is 13.7 Å². The summed E-state index contributed by atoms with van der Waals surface area (Å²) in [6.07, 6.45) is 2.52. The second kappa shape index (κ2) is 6.05. The standard InChI is InChI=1S/C19H18N4O2/c1-11-3-4-17(25-2)13(9-11)18-20-7-6-15(23-18)16-10-12-14(22-16)5-8-21-19(12)24/h3-4,6-7,9-10,22H,5,8H2,1-2H3,(H,21,24). The van der Waals surface area contributed by atoms with Gasteiger partial charge in [-0.1, -0.05) is 11.6 Å². The molecule has 0 atom stereocenters. The molecule has 3 heterocycles. The summed E-state index contributed by atoms with van der Waals surface area (Å²) in [5.74, 6) is 1.28. The Morgan fingerprint density at radius 1 is 1.16 bits per heavy atom. The van der Waals surface area contributed by atoms with Crippen molar-refractivity contribution < 1.29 is 9.53 Å². The number of amides is 1. The molecule has 6 heteroatoms. The van der Waals surface area contributed by atoms with E-state index < -0.39 is 0 Å². The van der Waals surface area contributed by atoms with Crippen molar-refractivity contribution >= 4 is 5.91 Å². The number of methoxy groups -OCH3 is 1. The van der Waals surface area contributed by atoms with Gasteiger partial charge in [-0.2, -0.15) is 0 Å². The lowest BCUT2D eigenvalue weighted by atomic mass is 10.1. The van der Waals surface area contributed by atoms with Crippen LogP contribution in [-0.2, 0) is 6.42 Å². The van der Waals surface area contributed by atoms with Gasteiger partial charge in [0.25, 0.3) is 5.91 Å². The van der Waals surface area contributed by atoms with Crippen molar-refractivity contribution in [2.24, 2.45) is 0 Å². The third-order valence-corrected chi connectivity index (χ3v) is 4.33. The van der Waals surface area contributed by atoms with Crippen LogP contribution in [0, 0.1) is 6.92 Å². The molecule has 0 saturated heterocycles. The number of ether oxygens (including phenoxy) is 1. The van der Waals surface area contributed by atoms with E-state index in [1.807, 2.05) is 37.3 Å². The first kappa shape index (κ1) is 15.4. The Bertz CT molecular complexity index is 962. The molecule has 1 amide bonds. The summed E-state index contributed by atoms with van der Waals surface area (Å²) in [5, 5.41) is 2.85. The zero-order chi connectivity index (χ0) is 17.4. The van der Waals surface area contributed by atoms with E-state index in [9.17, 15) is 4.79 Å². The van der Waals surface area contributed by atoms with Crippen LogP contribution in [0.15, 0.2) is 36.5 Å². The molecule has 1 aromatic carbocycles. The SMILES string of the molecule is COc1ccc(C)cc1-c1nccc(-c2cc3c([nH]2)CCNC3=O)n1. The molecular formula is C19H18N4O2. The first-order chi connectivity index (χ1) is 12.2. The summed E-state index contributed by atoms with van der Waals surface area (Å²) in [7, 11) is 1.63. The fraction of sp³-hybridized carbons (Fsp3) is 0.211. The minimum atomic E-state index is -0.0432.